The van der Waals surface area contributed by atoms with Gasteiger partial charge in [0.15, 0.2) is 0 Å². The average molecular weight is 144 g/mol. The van der Waals surface area contributed by atoms with E-state index in [4.69, 9.17) is 0 Å². The molecule has 0 N–H and O–H groups in total. The highest BCUT2D eigenvalue weighted by molar-refractivity contribution is 8.02. The van der Waals surface area contributed by atoms with Gasteiger partial charge in [0, 0.05) is 5.41 Å². The largest absolute Gasteiger partial charge is 0.428 e. The highest BCUT2D eigenvalue weighted by Gasteiger charge is 2.15. The zero-order chi connectivity index (χ0) is 6.69. The van der Waals surface area contributed by atoms with Gasteiger partial charge in [0.25, 0.3) is 5.78 Å². The summed E-state index contributed by atoms with van der Waals surface area (Å²) >= 11 is 1.25. The van der Waals surface area contributed by atoms with E-state index in [9.17, 15) is 9.59 Å². The summed E-state index contributed by atoms with van der Waals surface area (Å²) in [7, 11) is 0. The number of cyclic esters (lactones) is 1. The van der Waals surface area contributed by atoms with Gasteiger partial charge in [-0.2, -0.15) is 0 Å². The lowest BCUT2D eigenvalue weighted by molar-refractivity contribution is -0.148. The van der Waals surface area contributed by atoms with E-state index in [1.807, 2.05) is 0 Å². The molecule has 0 aliphatic carbocycles. The highest BCUT2D eigenvalue weighted by Crippen LogP contribution is 2.06. The molecule has 48 valence electrons. The highest BCUT2D eigenvalue weighted by atomic mass is 32.2. The molecule has 1 heterocycles. The minimum absolute atomic E-state index is 0.190. The van der Waals surface area contributed by atoms with Crippen LogP contribution in [-0.2, 0) is 14.3 Å². The number of esters is 1. The normalized spacial score (nSPS) is 19.1. The van der Waals surface area contributed by atoms with Crippen molar-refractivity contribution in [1.82, 2.24) is 0 Å². The summed E-state index contributed by atoms with van der Waals surface area (Å²) in [6.45, 7) is 0. The van der Waals surface area contributed by atoms with E-state index >= 15 is 0 Å². The Bertz CT molecular complexity index is 173. The summed E-state index contributed by atoms with van der Waals surface area (Å²) in [5, 5.41) is 1.57. The average Bonchev–Trinajstić information content (AvgIpc) is 1.99. The van der Waals surface area contributed by atoms with E-state index in [2.05, 4.69) is 4.74 Å². The first-order valence-corrected chi connectivity index (χ1v) is 3.36. The van der Waals surface area contributed by atoms with Crippen molar-refractivity contribution < 1.29 is 14.3 Å². The summed E-state index contributed by atoms with van der Waals surface area (Å²) in [5.41, 5.74) is 0. The molecule has 1 aliphatic rings. The monoisotopic (exact) mass is 144 g/mol. The number of hydrogen-bond acceptors (Lipinski definition) is 4. The fraction of sp³-hybridized carbons (Fsp3) is 0.200. The number of hydrogen-bond donors (Lipinski definition) is 0. The molecule has 1 aliphatic heterocycles. The maximum atomic E-state index is 10.5. The molecule has 0 radical (unpaired) electrons. The van der Waals surface area contributed by atoms with Gasteiger partial charge in [-0.3, -0.25) is 4.79 Å². The van der Waals surface area contributed by atoms with Crippen LogP contribution in [0.2, 0.25) is 0 Å². The topological polar surface area (TPSA) is 43.4 Å². The van der Waals surface area contributed by atoms with Crippen LogP contribution in [0.5, 0.6) is 0 Å². The zero-order valence-electron chi connectivity index (χ0n) is 4.49. The van der Waals surface area contributed by atoms with E-state index < -0.39 is 11.8 Å². The molecule has 0 saturated heterocycles. The van der Waals surface area contributed by atoms with Crippen LogP contribution in [0.15, 0.2) is 11.7 Å². The van der Waals surface area contributed by atoms with Crippen molar-refractivity contribution in [1.29, 1.82) is 0 Å². The van der Waals surface area contributed by atoms with E-state index in [0.29, 0.717) is 0 Å². The fourth-order valence-electron chi connectivity index (χ4n) is 0.377. The second kappa shape index (κ2) is 2.68. The van der Waals surface area contributed by atoms with Crippen molar-refractivity contribution in [3.63, 3.8) is 0 Å². The lowest BCUT2D eigenvalue weighted by atomic mass is 10.5. The van der Waals surface area contributed by atoms with Crippen molar-refractivity contribution in [2.24, 2.45) is 0 Å². The maximum absolute atomic E-state index is 10.5. The van der Waals surface area contributed by atoms with Crippen LogP contribution < -0.4 is 0 Å². The first-order valence-electron chi connectivity index (χ1n) is 2.31. The summed E-state index contributed by atoms with van der Waals surface area (Å²) in [6.07, 6.45) is 1.22. The molecular weight excluding hydrogens is 140 g/mol. The standard InChI is InChI=1S/C5H4O3S/c6-4-3-9-2-1-8-5(4)7/h1-2H,3H2. The number of ether oxygens (including phenoxy) is 1. The number of thioether (sulfide) groups is 1. The summed E-state index contributed by atoms with van der Waals surface area (Å²) in [5.74, 6) is -1.06. The molecule has 0 atom stereocenters. The van der Waals surface area contributed by atoms with E-state index in [-0.39, 0.29) is 5.75 Å². The predicted octanol–water partition coefficient (Wildman–Crippen LogP) is 0.317. The van der Waals surface area contributed by atoms with E-state index in [0.717, 1.165) is 0 Å². The molecule has 0 amide bonds. The minimum atomic E-state index is -0.767. The Morgan fingerprint density at radius 3 is 3.11 bits per heavy atom. The van der Waals surface area contributed by atoms with Gasteiger partial charge in [-0.25, -0.2) is 4.79 Å². The molecule has 0 spiro atoms. The Kier molecular flexibility index (Phi) is 1.89. The lowest BCUT2D eigenvalue weighted by Gasteiger charge is -1.88. The molecule has 0 bridgehead atoms. The fourth-order valence-corrected chi connectivity index (χ4v) is 0.877. The molecule has 0 saturated carbocycles. The van der Waals surface area contributed by atoms with Crippen LogP contribution in [0.4, 0.5) is 0 Å². The van der Waals surface area contributed by atoms with E-state index in [1.165, 1.54) is 18.0 Å². The smallest absolute Gasteiger partial charge is 0.380 e. The molecule has 0 aromatic rings. The Labute approximate surface area is 56.1 Å². The molecule has 0 unspecified atom stereocenters. The number of Topliss-reactive ketones (excluding diaryl/α,β-unsaturated/α-hetero) is 1. The molecule has 1 rings (SSSR count). The second-order valence-electron chi connectivity index (χ2n) is 1.41. The Balaban J connectivity index is 2.63. The van der Waals surface area contributed by atoms with Gasteiger partial charge in [0.1, 0.15) is 6.26 Å². The maximum Gasteiger partial charge on any atom is 0.380 e. The molecule has 0 aromatic carbocycles. The number of rotatable bonds is 0. The quantitative estimate of drug-likeness (QED) is 0.362. The molecule has 0 aromatic heterocycles. The van der Waals surface area contributed by atoms with Crippen LogP contribution in [0.1, 0.15) is 0 Å². The van der Waals surface area contributed by atoms with Crippen molar-refractivity contribution in [2.75, 3.05) is 5.75 Å². The molecule has 9 heavy (non-hydrogen) atoms. The summed E-state index contributed by atoms with van der Waals surface area (Å²) < 4.78 is 4.33. The number of carbonyl (C=O) groups excluding carboxylic acids is 2. The van der Waals surface area contributed by atoms with Gasteiger partial charge in [-0.15, -0.1) is 11.8 Å². The van der Waals surface area contributed by atoms with Gasteiger partial charge < -0.3 is 4.74 Å². The van der Waals surface area contributed by atoms with Crippen molar-refractivity contribution in [3.05, 3.63) is 11.7 Å². The van der Waals surface area contributed by atoms with Gasteiger partial charge in [0.05, 0.1) is 5.75 Å². The van der Waals surface area contributed by atoms with Gasteiger partial charge in [-0.1, -0.05) is 0 Å². The predicted molar refractivity (Wildman–Crippen MR) is 32.7 cm³/mol. The molecule has 0 fully saturated rings. The Morgan fingerprint density at radius 1 is 1.56 bits per heavy atom. The van der Waals surface area contributed by atoms with Crippen LogP contribution in [0.3, 0.4) is 0 Å². The number of carbonyl (C=O) groups is 2. The lowest BCUT2D eigenvalue weighted by Crippen LogP contribution is -2.15. The Morgan fingerprint density at radius 2 is 2.33 bits per heavy atom. The molecular formula is C5H4O3S. The zero-order valence-corrected chi connectivity index (χ0v) is 5.31. The minimum Gasteiger partial charge on any atom is -0.428 e. The Hall–Kier alpha value is -0.770. The van der Waals surface area contributed by atoms with Crippen molar-refractivity contribution in [2.45, 2.75) is 0 Å². The van der Waals surface area contributed by atoms with Crippen molar-refractivity contribution in [3.8, 4) is 0 Å². The first kappa shape index (κ1) is 6.35. The van der Waals surface area contributed by atoms with Crippen molar-refractivity contribution >= 4 is 23.5 Å². The first-order chi connectivity index (χ1) is 4.30. The van der Waals surface area contributed by atoms with Gasteiger partial charge >= 0.3 is 5.97 Å². The third-order valence-corrected chi connectivity index (χ3v) is 1.50. The number of ketones is 1. The van der Waals surface area contributed by atoms with Crippen LogP contribution in [0, 0.1) is 0 Å². The van der Waals surface area contributed by atoms with Gasteiger partial charge in [-0.05, 0) is 0 Å². The SMILES string of the molecule is O=C1CSC=COC1=O. The van der Waals surface area contributed by atoms with Crippen LogP contribution >= 0.6 is 11.8 Å². The van der Waals surface area contributed by atoms with Crippen LogP contribution in [0.25, 0.3) is 0 Å². The molecule has 3 nitrogen and oxygen atoms in total. The third-order valence-electron chi connectivity index (χ3n) is 0.769. The van der Waals surface area contributed by atoms with E-state index in [1.54, 1.807) is 5.41 Å². The van der Waals surface area contributed by atoms with Crippen LogP contribution in [-0.4, -0.2) is 17.5 Å². The second-order valence-corrected chi connectivity index (χ2v) is 2.31. The molecule has 4 heteroatoms. The third kappa shape index (κ3) is 1.57. The summed E-state index contributed by atoms with van der Waals surface area (Å²) in [6, 6.07) is 0. The summed E-state index contributed by atoms with van der Waals surface area (Å²) in [4.78, 5) is 20.9. The van der Waals surface area contributed by atoms with Gasteiger partial charge in [0.2, 0.25) is 0 Å².